The van der Waals surface area contributed by atoms with Crippen LogP contribution in [0.4, 0.5) is 11.4 Å². The SMILES string of the molecule is O=C(Nc1ccc(N2CCN(C(=O)c3ccc4ccccc4c3)CC2)cc1)c1ccc(Br)cc1. The van der Waals surface area contributed by atoms with E-state index >= 15 is 0 Å². The van der Waals surface area contributed by atoms with Crippen LogP contribution < -0.4 is 10.2 Å². The molecule has 5 rings (SSSR count). The van der Waals surface area contributed by atoms with Crippen LogP contribution in [0.25, 0.3) is 10.8 Å². The quantitative estimate of drug-likeness (QED) is 0.374. The number of benzene rings is 4. The number of hydrogen-bond acceptors (Lipinski definition) is 3. The second-order valence-corrected chi connectivity index (χ2v) is 9.26. The first kappa shape index (κ1) is 22.2. The first-order chi connectivity index (χ1) is 16.6. The van der Waals surface area contributed by atoms with Crippen molar-refractivity contribution in [2.45, 2.75) is 0 Å². The Morgan fingerprint density at radius 2 is 1.35 bits per heavy atom. The fourth-order valence-corrected chi connectivity index (χ4v) is 4.50. The molecule has 1 heterocycles. The molecule has 1 fully saturated rings. The van der Waals surface area contributed by atoms with Gasteiger partial charge in [-0.1, -0.05) is 46.3 Å². The van der Waals surface area contributed by atoms with Crippen molar-refractivity contribution in [2.75, 3.05) is 36.4 Å². The lowest BCUT2D eigenvalue weighted by molar-refractivity contribution is 0.0746. The van der Waals surface area contributed by atoms with Gasteiger partial charge in [0.1, 0.15) is 0 Å². The summed E-state index contributed by atoms with van der Waals surface area (Å²) in [6, 6.07) is 29.1. The van der Waals surface area contributed by atoms with E-state index in [4.69, 9.17) is 0 Å². The molecule has 0 spiro atoms. The summed E-state index contributed by atoms with van der Waals surface area (Å²) in [5, 5.41) is 5.16. The molecule has 1 aliphatic heterocycles. The first-order valence-corrected chi connectivity index (χ1v) is 12.1. The third-order valence-corrected chi connectivity index (χ3v) is 6.69. The van der Waals surface area contributed by atoms with Crippen molar-refractivity contribution >= 4 is 49.9 Å². The summed E-state index contributed by atoms with van der Waals surface area (Å²) < 4.78 is 0.937. The minimum Gasteiger partial charge on any atom is -0.368 e. The lowest BCUT2D eigenvalue weighted by atomic mass is 10.1. The fourth-order valence-electron chi connectivity index (χ4n) is 4.23. The van der Waals surface area contributed by atoms with Gasteiger partial charge in [-0.2, -0.15) is 0 Å². The van der Waals surface area contributed by atoms with Crippen LogP contribution in [0, 0.1) is 0 Å². The van der Waals surface area contributed by atoms with E-state index in [0.717, 1.165) is 45.3 Å². The van der Waals surface area contributed by atoms with E-state index in [2.05, 4.69) is 32.2 Å². The molecular formula is C28H24BrN3O2. The Bertz CT molecular complexity index is 1330. The number of carbonyl (C=O) groups excluding carboxylic acids is 2. The molecule has 0 radical (unpaired) electrons. The summed E-state index contributed by atoms with van der Waals surface area (Å²) in [7, 11) is 0. The highest BCUT2D eigenvalue weighted by Gasteiger charge is 2.22. The van der Waals surface area contributed by atoms with Gasteiger partial charge in [0.25, 0.3) is 11.8 Å². The number of amides is 2. The minimum absolute atomic E-state index is 0.0800. The number of nitrogens with zero attached hydrogens (tertiary/aromatic N) is 2. The van der Waals surface area contributed by atoms with E-state index in [1.54, 1.807) is 12.1 Å². The highest BCUT2D eigenvalue weighted by atomic mass is 79.9. The van der Waals surface area contributed by atoms with E-state index < -0.39 is 0 Å². The molecule has 4 aromatic carbocycles. The van der Waals surface area contributed by atoms with Crippen LogP contribution >= 0.6 is 15.9 Å². The van der Waals surface area contributed by atoms with Crippen LogP contribution in [0.15, 0.2) is 95.5 Å². The second kappa shape index (κ2) is 9.69. The van der Waals surface area contributed by atoms with Crippen LogP contribution in [0.1, 0.15) is 20.7 Å². The van der Waals surface area contributed by atoms with Crippen molar-refractivity contribution in [2.24, 2.45) is 0 Å². The molecule has 0 bridgehead atoms. The van der Waals surface area contributed by atoms with Crippen molar-refractivity contribution < 1.29 is 9.59 Å². The average molecular weight is 514 g/mol. The van der Waals surface area contributed by atoms with Crippen molar-refractivity contribution in [3.05, 3.63) is 107 Å². The van der Waals surface area contributed by atoms with Gasteiger partial charge in [-0.25, -0.2) is 0 Å². The number of anilines is 2. The van der Waals surface area contributed by atoms with Gasteiger partial charge in [-0.3, -0.25) is 9.59 Å². The number of rotatable bonds is 4. The Labute approximate surface area is 207 Å². The topological polar surface area (TPSA) is 52.7 Å². The van der Waals surface area contributed by atoms with Crippen molar-refractivity contribution in [1.29, 1.82) is 0 Å². The predicted octanol–water partition coefficient (Wildman–Crippen LogP) is 5.82. The van der Waals surface area contributed by atoms with Gasteiger partial charge in [0.15, 0.2) is 0 Å². The summed E-state index contributed by atoms with van der Waals surface area (Å²) in [5.41, 5.74) is 3.18. The summed E-state index contributed by atoms with van der Waals surface area (Å²) in [6.07, 6.45) is 0. The minimum atomic E-state index is -0.138. The molecule has 0 saturated carbocycles. The normalized spacial score (nSPS) is 13.7. The fraction of sp³-hybridized carbons (Fsp3) is 0.143. The standard InChI is InChI=1S/C28H24BrN3O2/c29-24-9-7-21(8-10-24)27(33)30-25-11-13-26(14-12-25)31-15-17-32(18-16-31)28(34)23-6-5-20-3-1-2-4-22(20)19-23/h1-14,19H,15-18H2,(H,30,33). The molecular weight excluding hydrogens is 490 g/mol. The molecule has 4 aromatic rings. The second-order valence-electron chi connectivity index (χ2n) is 8.35. The molecule has 34 heavy (non-hydrogen) atoms. The van der Waals surface area contributed by atoms with E-state index in [-0.39, 0.29) is 11.8 Å². The number of halogens is 1. The summed E-state index contributed by atoms with van der Waals surface area (Å²) in [6.45, 7) is 2.88. The van der Waals surface area contributed by atoms with Crippen LogP contribution in [0.3, 0.4) is 0 Å². The molecule has 6 heteroatoms. The van der Waals surface area contributed by atoms with Crippen molar-refractivity contribution in [1.82, 2.24) is 4.90 Å². The van der Waals surface area contributed by atoms with E-state index in [1.807, 2.05) is 77.7 Å². The number of piperazine rings is 1. The zero-order valence-corrected chi connectivity index (χ0v) is 20.2. The van der Waals surface area contributed by atoms with Gasteiger partial charge in [0.05, 0.1) is 0 Å². The van der Waals surface area contributed by atoms with E-state index in [1.165, 1.54) is 0 Å². The van der Waals surface area contributed by atoms with Crippen molar-refractivity contribution in [3.8, 4) is 0 Å². The van der Waals surface area contributed by atoms with Crippen LogP contribution in [0.2, 0.25) is 0 Å². The maximum Gasteiger partial charge on any atom is 0.255 e. The number of nitrogens with one attached hydrogen (secondary N) is 1. The van der Waals surface area contributed by atoms with Crippen LogP contribution in [-0.4, -0.2) is 42.9 Å². The summed E-state index contributed by atoms with van der Waals surface area (Å²) in [4.78, 5) is 29.7. The Morgan fingerprint density at radius 3 is 2.06 bits per heavy atom. The van der Waals surface area contributed by atoms with Gasteiger partial charge in [-0.15, -0.1) is 0 Å². The third-order valence-electron chi connectivity index (χ3n) is 6.16. The zero-order valence-electron chi connectivity index (χ0n) is 18.6. The van der Waals surface area contributed by atoms with Crippen LogP contribution in [-0.2, 0) is 0 Å². The Morgan fingerprint density at radius 1 is 0.706 bits per heavy atom. The van der Waals surface area contributed by atoms with Gasteiger partial charge in [0.2, 0.25) is 0 Å². The molecule has 0 unspecified atom stereocenters. The molecule has 0 aliphatic carbocycles. The predicted molar refractivity (Wildman–Crippen MR) is 141 cm³/mol. The molecule has 1 saturated heterocycles. The summed E-state index contributed by atoms with van der Waals surface area (Å²) >= 11 is 3.38. The molecule has 1 aliphatic rings. The van der Waals surface area contributed by atoms with Gasteiger partial charge >= 0.3 is 0 Å². The van der Waals surface area contributed by atoms with Gasteiger partial charge in [0, 0.05) is 53.2 Å². The van der Waals surface area contributed by atoms with E-state index in [9.17, 15) is 9.59 Å². The number of hydrogen-bond donors (Lipinski definition) is 1. The Balaban J connectivity index is 1.18. The molecule has 0 aromatic heterocycles. The highest BCUT2D eigenvalue weighted by molar-refractivity contribution is 9.10. The third kappa shape index (κ3) is 4.82. The maximum absolute atomic E-state index is 13.0. The van der Waals surface area contributed by atoms with Gasteiger partial charge < -0.3 is 15.1 Å². The zero-order chi connectivity index (χ0) is 23.5. The Kier molecular flexibility index (Phi) is 6.32. The lowest BCUT2D eigenvalue weighted by Crippen LogP contribution is -2.48. The maximum atomic E-state index is 13.0. The molecule has 1 N–H and O–H groups in total. The average Bonchev–Trinajstić information content (AvgIpc) is 2.89. The smallest absolute Gasteiger partial charge is 0.255 e. The van der Waals surface area contributed by atoms with Gasteiger partial charge in [-0.05, 0) is 71.4 Å². The number of carbonyl (C=O) groups is 2. The molecule has 5 nitrogen and oxygen atoms in total. The molecule has 2 amide bonds. The van der Waals surface area contributed by atoms with Crippen LogP contribution in [0.5, 0.6) is 0 Å². The molecule has 170 valence electrons. The highest BCUT2D eigenvalue weighted by Crippen LogP contribution is 2.22. The lowest BCUT2D eigenvalue weighted by Gasteiger charge is -2.36. The first-order valence-electron chi connectivity index (χ1n) is 11.3. The monoisotopic (exact) mass is 513 g/mol. The van der Waals surface area contributed by atoms with E-state index in [0.29, 0.717) is 18.7 Å². The largest absolute Gasteiger partial charge is 0.368 e. The number of fused-ring (bicyclic) bond motifs is 1. The van der Waals surface area contributed by atoms with Crippen molar-refractivity contribution in [3.63, 3.8) is 0 Å². The Hall–Kier alpha value is -3.64. The molecule has 0 atom stereocenters. The summed E-state index contributed by atoms with van der Waals surface area (Å²) in [5.74, 6) is -0.0579.